The second-order valence-corrected chi connectivity index (χ2v) is 7.56. The van der Waals surface area contributed by atoms with Crippen LogP contribution in [0.15, 0.2) is 52.1 Å². The highest BCUT2D eigenvalue weighted by Crippen LogP contribution is 2.14. The lowest BCUT2D eigenvalue weighted by Gasteiger charge is -2.26. The third kappa shape index (κ3) is 7.55. The van der Waals surface area contributed by atoms with Gasteiger partial charge in [0.2, 0.25) is 5.91 Å². The van der Waals surface area contributed by atoms with Gasteiger partial charge in [-0.1, -0.05) is 30.7 Å². The number of piperidine rings is 1. The normalized spacial score (nSPS) is 15.0. The summed E-state index contributed by atoms with van der Waals surface area (Å²) >= 11 is 0. The molecule has 0 aliphatic carbocycles. The van der Waals surface area contributed by atoms with Crippen molar-refractivity contribution in [2.45, 2.75) is 45.8 Å². The summed E-state index contributed by atoms with van der Waals surface area (Å²) < 4.78 is 5.21. The lowest BCUT2D eigenvalue weighted by Crippen LogP contribution is -2.43. The Hall–Kier alpha value is -2.80. The number of furan rings is 1. The number of carbonyl (C=O) groups is 1. The van der Waals surface area contributed by atoms with E-state index in [1.165, 1.54) is 37.9 Å². The molecule has 1 amide bonds. The first kappa shape index (κ1) is 21.9. The Kier molecular flexibility index (Phi) is 8.78. The molecule has 1 aromatic heterocycles. The third-order valence-corrected chi connectivity index (χ3v) is 5.10. The minimum Gasteiger partial charge on any atom is -0.467 e. The van der Waals surface area contributed by atoms with Crippen LogP contribution >= 0.6 is 0 Å². The Labute approximate surface area is 178 Å². The van der Waals surface area contributed by atoms with E-state index in [9.17, 15) is 4.79 Å². The molecule has 1 aromatic carbocycles. The number of hydrogen-bond acceptors (Lipinski definition) is 4. The molecule has 3 N–H and O–H groups in total. The second kappa shape index (κ2) is 12.0. The molecule has 7 heteroatoms. The molecular formula is C23H33N5O2. The average molecular weight is 412 g/mol. The maximum absolute atomic E-state index is 12.0. The number of carbonyl (C=O) groups excluding carboxylic acids is 1. The minimum absolute atomic E-state index is 0.112. The van der Waals surface area contributed by atoms with Gasteiger partial charge in [-0.05, 0) is 56.1 Å². The molecule has 7 nitrogen and oxygen atoms in total. The summed E-state index contributed by atoms with van der Waals surface area (Å²) in [4.78, 5) is 19.1. The molecule has 0 unspecified atom stereocenters. The Morgan fingerprint density at radius 2 is 1.80 bits per heavy atom. The van der Waals surface area contributed by atoms with Gasteiger partial charge in [-0.3, -0.25) is 9.69 Å². The summed E-state index contributed by atoms with van der Waals surface area (Å²) in [5.74, 6) is 1.25. The van der Waals surface area contributed by atoms with Crippen molar-refractivity contribution in [1.29, 1.82) is 0 Å². The Morgan fingerprint density at radius 1 is 1.03 bits per heavy atom. The van der Waals surface area contributed by atoms with Crippen LogP contribution in [0.2, 0.25) is 0 Å². The fraction of sp³-hybridized carbons (Fsp3) is 0.478. The number of likely N-dealkylation sites (tertiary alicyclic amines) is 1. The van der Waals surface area contributed by atoms with Gasteiger partial charge in [0, 0.05) is 13.1 Å². The molecule has 0 atom stereocenters. The molecule has 2 heterocycles. The van der Waals surface area contributed by atoms with E-state index in [-0.39, 0.29) is 12.5 Å². The number of hydrogen-bond donors (Lipinski definition) is 3. The summed E-state index contributed by atoms with van der Waals surface area (Å²) in [6.07, 6.45) is 5.58. The molecule has 0 spiro atoms. The topological polar surface area (TPSA) is 81.9 Å². The Balaban J connectivity index is 1.44. The van der Waals surface area contributed by atoms with Gasteiger partial charge < -0.3 is 20.4 Å². The highest BCUT2D eigenvalue weighted by Gasteiger charge is 2.10. The van der Waals surface area contributed by atoms with Crippen molar-refractivity contribution in [2.75, 3.05) is 26.2 Å². The third-order valence-electron chi connectivity index (χ3n) is 5.10. The molecular weight excluding hydrogens is 378 g/mol. The van der Waals surface area contributed by atoms with E-state index in [1.54, 1.807) is 12.3 Å². The van der Waals surface area contributed by atoms with Crippen molar-refractivity contribution in [3.05, 3.63) is 59.5 Å². The molecule has 0 radical (unpaired) electrons. The van der Waals surface area contributed by atoms with Crippen molar-refractivity contribution in [1.82, 2.24) is 20.9 Å². The SMILES string of the molecule is CCNC(=NCc1ccc(CN2CCCCC2)cc1)NCC(=O)NCc1ccco1. The minimum atomic E-state index is -0.112. The number of amides is 1. The fourth-order valence-corrected chi connectivity index (χ4v) is 3.46. The van der Waals surface area contributed by atoms with Crippen LogP contribution in [0.3, 0.4) is 0 Å². The summed E-state index contributed by atoms with van der Waals surface area (Å²) in [6, 6.07) is 12.3. The van der Waals surface area contributed by atoms with Crippen LogP contribution in [0.5, 0.6) is 0 Å². The van der Waals surface area contributed by atoms with Crippen molar-refractivity contribution in [3.8, 4) is 0 Å². The molecule has 0 saturated carbocycles. The van der Waals surface area contributed by atoms with Gasteiger partial charge in [0.05, 0.1) is 25.9 Å². The van der Waals surface area contributed by atoms with E-state index in [1.807, 2.05) is 13.0 Å². The lowest BCUT2D eigenvalue weighted by atomic mass is 10.1. The monoisotopic (exact) mass is 411 g/mol. The molecule has 1 aliphatic rings. The summed E-state index contributed by atoms with van der Waals surface area (Å²) in [7, 11) is 0. The van der Waals surface area contributed by atoms with Crippen molar-refractivity contribution in [2.24, 2.45) is 4.99 Å². The van der Waals surface area contributed by atoms with Crippen LogP contribution in [-0.2, 0) is 24.4 Å². The largest absolute Gasteiger partial charge is 0.467 e. The maximum atomic E-state index is 12.0. The summed E-state index contributed by atoms with van der Waals surface area (Å²) in [5.41, 5.74) is 2.50. The predicted molar refractivity (Wildman–Crippen MR) is 119 cm³/mol. The number of nitrogens with zero attached hydrogens (tertiary/aromatic N) is 2. The van der Waals surface area contributed by atoms with Crippen LogP contribution in [0, 0.1) is 0 Å². The van der Waals surface area contributed by atoms with E-state index in [2.05, 4.69) is 50.1 Å². The average Bonchev–Trinajstić information content (AvgIpc) is 3.30. The van der Waals surface area contributed by atoms with Crippen molar-refractivity contribution in [3.63, 3.8) is 0 Å². The molecule has 162 valence electrons. The van der Waals surface area contributed by atoms with Crippen LogP contribution in [0.4, 0.5) is 0 Å². The molecule has 1 fully saturated rings. The highest BCUT2D eigenvalue weighted by atomic mass is 16.3. The molecule has 1 saturated heterocycles. The van der Waals surface area contributed by atoms with Crippen LogP contribution in [0.25, 0.3) is 0 Å². The number of rotatable bonds is 9. The van der Waals surface area contributed by atoms with Gasteiger partial charge >= 0.3 is 0 Å². The van der Waals surface area contributed by atoms with Crippen molar-refractivity contribution >= 4 is 11.9 Å². The fourth-order valence-electron chi connectivity index (χ4n) is 3.46. The van der Waals surface area contributed by atoms with Crippen LogP contribution in [-0.4, -0.2) is 42.9 Å². The van der Waals surface area contributed by atoms with Gasteiger partial charge in [-0.2, -0.15) is 0 Å². The number of nitrogens with one attached hydrogen (secondary N) is 3. The molecule has 30 heavy (non-hydrogen) atoms. The number of benzene rings is 1. The second-order valence-electron chi connectivity index (χ2n) is 7.56. The first-order chi connectivity index (χ1) is 14.7. The maximum Gasteiger partial charge on any atom is 0.239 e. The van der Waals surface area contributed by atoms with Gasteiger partial charge in [0.15, 0.2) is 5.96 Å². The molecule has 0 bridgehead atoms. The molecule has 3 rings (SSSR count). The predicted octanol–water partition coefficient (Wildman–Crippen LogP) is 2.64. The zero-order valence-corrected chi connectivity index (χ0v) is 17.8. The Bertz CT molecular complexity index is 780. The first-order valence-electron chi connectivity index (χ1n) is 10.8. The van der Waals surface area contributed by atoms with E-state index in [4.69, 9.17) is 4.42 Å². The standard InChI is InChI=1S/C23H33N5O2/c1-2-24-23(27-17-22(29)25-16-21-7-6-14-30-21)26-15-19-8-10-20(11-9-19)18-28-12-4-3-5-13-28/h6-11,14H,2-5,12-13,15-18H2,1H3,(H,25,29)(H2,24,26,27). The number of guanidine groups is 1. The van der Waals surface area contributed by atoms with E-state index in [0.29, 0.717) is 19.0 Å². The van der Waals surface area contributed by atoms with Crippen molar-refractivity contribution < 1.29 is 9.21 Å². The summed E-state index contributed by atoms with van der Waals surface area (Å²) in [5, 5.41) is 9.07. The zero-order valence-electron chi connectivity index (χ0n) is 17.8. The quantitative estimate of drug-likeness (QED) is 0.437. The van der Waals surface area contributed by atoms with Gasteiger partial charge in [-0.25, -0.2) is 4.99 Å². The van der Waals surface area contributed by atoms with Crippen LogP contribution in [0.1, 0.15) is 43.1 Å². The first-order valence-corrected chi connectivity index (χ1v) is 10.8. The smallest absolute Gasteiger partial charge is 0.239 e. The lowest BCUT2D eigenvalue weighted by molar-refractivity contribution is -0.120. The van der Waals surface area contributed by atoms with E-state index >= 15 is 0 Å². The van der Waals surface area contributed by atoms with Gasteiger partial charge in [0.25, 0.3) is 0 Å². The van der Waals surface area contributed by atoms with Gasteiger partial charge in [-0.15, -0.1) is 0 Å². The van der Waals surface area contributed by atoms with Gasteiger partial charge in [0.1, 0.15) is 5.76 Å². The Morgan fingerprint density at radius 3 is 2.50 bits per heavy atom. The molecule has 2 aromatic rings. The highest BCUT2D eigenvalue weighted by molar-refractivity contribution is 5.86. The summed E-state index contributed by atoms with van der Waals surface area (Å²) in [6.45, 7) is 7.27. The van der Waals surface area contributed by atoms with Crippen LogP contribution < -0.4 is 16.0 Å². The molecule has 1 aliphatic heterocycles. The zero-order chi connectivity index (χ0) is 21.0. The van der Waals surface area contributed by atoms with E-state index in [0.717, 1.165) is 24.4 Å². The van der Waals surface area contributed by atoms with E-state index < -0.39 is 0 Å². The number of aliphatic imine (C=N–C) groups is 1.